The number of amidine groups is 1. The molecule has 10 heteroatoms. The van der Waals surface area contributed by atoms with E-state index in [-0.39, 0.29) is 24.5 Å². The van der Waals surface area contributed by atoms with Crippen molar-refractivity contribution in [1.29, 1.82) is 0 Å². The van der Waals surface area contributed by atoms with Gasteiger partial charge in [0.15, 0.2) is 16.7 Å². The molecule has 1 saturated heterocycles. The molecule has 1 fully saturated rings. The summed E-state index contributed by atoms with van der Waals surface area (Å²) in [5, 5.41) is 10.3. The molecular formula is C34H31Cl2N3O4S. The van der Waals surface area contributed by atoms with E-state index < -0.39 is 0 Å². The first-order valence-corrected chi connectivity index (χ1v) is 15.4. The van der Waals surface area contributed by atoms with Gasteiger partial charge in [0.25, 0.3) is 5.91 Å². The monoisotopic (exact) mass is 647 g/mol. The van der Waals surface area contributed by atoms with Crippen LogP contribution in [0.25, 0.3) is 6.08 Å². The molecule has 4 aromatic rings. The van der Waals surface area contributed by atoms with Gasteiger partial charge >= 0.3 is 0 Å². The summed E-state index contributed by atoms with van der Waals surface area (Å²) in [5.41, 5.74) is 3.75. The molecule has 226 valence electrons. The molecular weight excluding hydrogens is 617 g/mol. The molecule has 0 unspecified atom stereocenters. The standard InChI is InChI=1S/C34H31Cl2N3O4S/c1-34(2,3)25-11-7-22(8-12-25)17-31-32(40)39(20-27-6-5-15-42-27)33(44-31)38-37-19-23-9-14-29(30(16-23)41-4)43-21-24-10-13-26(35)18-28(24)36/h5-19H,20-21H2,1-4H3/b31-17-,37-19-,38-33+. The summed E-state index contributed by atoms with van der Waals surface area (Å²) < 4.78 is 17.0. The lowest BCUT2D eigenvalue weighted by Gasteiger charge is -2.18. The molecule has 0 aliphatic carbocycles. The number of halogens is 2. The molecule has 0 radical (unpaired) electrons. The Hall–Kier alpha value is -3.98. The Morgan fingerprint density at radius 2 is 1.75 bits per heavy atom. The average molecular weight is 649 g/mol. The van der Waals surface area contributed by atoms with Crippen molar-refractivity contribution >= 4 is 58.3 Å². The second-order valence-electron chi connectivity index (χ2n) is 11.0. The molecule has 1 amide bonds. The molecule has 1 aliphatic heterocycles. The van der Waals surface area contributed by atoms with Crippen molar-refractivity contribution in [3.63, 3.8) is 0 Å². The van der Waals surface area contributed by atoms with Gasteiger partial charge in [-0.25, -0.2) is 0 Å². The summed E-state index contributed by atoms with van der Waals surface area (Å²) in [6, 6.07) is 22.5. The summed E-state index contributed by atoms with van der Waals surface area (Å²) in [6.45, 7) is 7.00. The number of furan rings is 1. The van der Waals surface area contributed by atoms with Gasteiger partial charge in [-0.15, -0.1) is 5.10 Å². The van der Waals surface area contributed by atoms with Crippen LogP contribution in [-0.4, -0.2) is 29.3 Å². The lowest BCUT2D eigenvalue weighted by Crippen LogP contribution is -2.28. The zero-order valence-electron chi connectivity index (χ0n) is 24.7. The van der Waals surface area contributed by atoms with Crippen molar-refractivity contribution in [2.45, 2.75) is 39.3 Å². The van der Waals surface area contributed by atoms with Crippen LogP contribution in [0, 0.1) is 0 Å². The number of hydrogen-bond acceptors (Lipinski definition) is 7. The van der Waals surface area contributed by atoms with Crippen molar-refractivity contribution in [3.8, 4) is 11.5 Å². The molecule has 0 N–H and O–H groups in total. The summed E-state index contributed by atoms with van der Waals surface area (Å²) >= 11 is 13.5. The average Bonchev–Trinajstić information content (AvgIpc) is 3.61. The third kappa shape index (κ3) is 7.75. The molecule has 3 aromatic carbocycles. The van der Waals surface area contributed by atoms with E-state index in [9.17, 15) is 4.79 Å². The lowest BCUT2D eigenvalue weighted by molar-refractivity contribution is -0.122. The van der Waals surface area contributed by atoms with E-state index in [2.05, 4.69) is 43.1 Å². The fourth-order valence-electron chi connectivity index (χ4n) is 4.33. The maximum Gasteiger partial charge on any atom is 0.267 e. The van der Waals surface area contributed by atoms with E-state index in [1.165, 1.54) is 17.3 Å². The van der Waals surface area contributed by atoms with Crippen molar-refractivity contribution < 1.29 is 18.7 Å². The molecule has 2 heterocycles. The number of nitrogens with zero attached hydrogens (tertiary/aromatic N) is 3. The molecule has 0 atom stereocenters. The minimum Gasteiger partial charge on any atom is -0.493 e. The Morgan fingerprint density at radius 3 is 2.43 bits per heavy atom. The number of ether oxygens (including phenoxy) is 2. The smallest absolute Gasteiger partial charge is 0.267 e. The highest BCUT2D eigenvalue weighted by Gasteiger charge is 2.34. The van der Waals surface area contributed by atoms with Crippen LogP contribution in [0.3, 0.4) is 0 Å². The van der Waals surface area contributed by atoms with Crippen LogP contribution in [0.4, 0.5) is 0 Å². The number of carbonyl (C=O) groups is 1. The highest BCUT2D eigenvalue weighted by molar-refractivity contribution is 8.18. The zero-order chi connectivity index (χ0) is 31.3. The number of hydrogen-bond donors (Lipinski definition) is 0. The van der Waals surface area contributed by atoms with Gasteiger partial charge in [-0.05, 0) is 82.4 Å². The Labute approximate surface area is 271 Å². The molecule has 0 spiro atoms. The highest BCUT2D eigenvalue weighted by atomic mass is 35.5. The Morgan fingerprint density at radius 1 is 0.977 bits per heavy atom. The number of thioether (sulfide) groups is 1. The van der Waals surface area contributed by atoms with Crippen LogP contribution >= 0.6 is 35.0 Å². The third-order valence-electron chi connectivity index (χ3n) is 6.79. The lowest BCUT2D eigenvalue weighted by atomic mass is 9.87. The first-order chi connectivity index (χ1) is 21.1. The number of carbonyl (C=O) groups excluding carboxylic acids is 1. The normalized spacial score (nSPS) is 15.6. The Bertz CT molecular complexity index is 1730. The van der Waals surface area contributed by atoms with Crippen LogP contribution in [0.5, 0.6) is 11.5 Å². The van der Waals surface area contributed by atoms with Gasteiger partial charge in [0.1, 0.15) is 12.4 Å². The van der Waals surface area contributed by atoms with E-state index in [1.807, 2.05) is 36.4 Å². The minimum atomic E-state index is -0.163. The highest BCUT2D eigenvalue weighted by Crippen LogP contribution is 2.35. The maximum absolute atomic E-state index is 13.4. The van der Waals surface area contributed by atoms with Gasteiger partial charge in [-0.3, -0.25) is 9.69 Å². The summed E-state index contributed by atoms with van der Waals surface area (Å²) in [6.07, 6.45) is 5.05. The molecule has 0 saturated carbocycles. The summed E-state index contributed by atoms with van der Waals surface area (Å²) in [4.78, 5) is 15.6. The number of methoxy groups -OCH3 is 1. The predicted octanol–water partition coefficient (Wildman–Crippen LogP) is 8.98. The van der Waals surface area contributed by atoms with Crippen LogP contribution < -0.4 is 9.47 Å². The van der Waals surface area contributed by atoms with Crippen LogP contribution in [-0.2, 0) is 23.4 Å². The van der Waals surface area contributed by atoms with E-state index in [1.54, 1.807) is 54.8 Å². The largest absolute Gasteiger partial charge is 0.493 e. The molecule has 5 rings (SSSR count). The number of amides is 1. The van der Waals surface area contributed by atoms with Crippen molar-refractivity contribution in [1.82, 2.24) is 4.90 Å². The molecule has 1 aromatic heterocycles. The fourth-order valence-corrected chi connectivity index (χ4v) is 5.73. The van der Waals surface area contributed by atoms with Crippen LogP contribution in [0.15, 0.2) is 98.6 Å². The zero-order valence-corrected chi connectivity index (χ0v) is 27.0. The maximum atomic E-state index is 13.4. The van der Waals surface area contributed by atoms with E-state index in [0.717, 1.165) is 16.7 Å². The van der Waals surface area contributed by atoms with Gasteiger partial charge in [-0.1, -0.05) is 74.3 Å². The second-order valence-corrected chi connectivity index (χ2v) is 12.9. The van der Waals surface area contributed by atoms with Gasteiger partial charge in [0.2, 0.25) is 0 Å². The predicted molar refractivity (Wildman–Crippen MR) is 179 cm³/mol. The third-order valence-corrected chi connectivity index (χ3v) is 8.38. The van der Waals surface area contributed by atoms with E-state index >= 15 is 0 Å². The van der Waals surface area contributed by atoms with E-state index in [4.69, 9.17) is 37.1 Å². The molecule has 7 nitrogen and oxygen atoms in total. The first kappa shape index (κ1) is 31.4. The van der Waals surface area contributed by atoms with Gasteiger partial charge in [0.05, 0.1) is 31.0 Å². The SMILES string of the molecule is COc1cc(/C=N\N=C2\S/C(=C\c3ccc(C(C)(C)C)cc3)C(=O)N2Cc2ccco2)ccc1OCc1ccc(Cl)cc1Cl. The Balaban J connectivity index is 1.34. The van der Waals surface area contributed by atoms with Gasteiger partial charge in [0, 0.05) is 15.6 Å². The van der Waals surface area contributed by atoms with Crippen LogP contribution in [0.2, 0.25) is 10.0 Å². The number of rotatable bonds is 9. The quantitative estimate of drug-likeness (QED) is 0.103. The summed E-state index contributed by atoms with van der Waals surface area (Å²) in [7, 11) is 1.57. The van der Waals surface area contributed by atoms with Gasteiger partial charge in [-0.2, -0.15) is 5.10 Å². The van der Waals surface area contributed by atoms with Crippen LogP contribution in [0.1, 0.15) is 48.8 Å². The van der Waals surface area contributed by atoms with Crippen molar-refractivity contribution in [2.75, 3.05) is 7.11 Å². The Kier molecular flexibility index (Phi) is 9.84. The molecule has 1 aliphatic rings. The van der Waals surface area contributed by atoms with Crippen molar-refractivity contribution in [3.05, 3.63) is 122 Å². The van der Waals surface area contributed by atoms with Crippen molar-refractivity contribution in [2.24, 2.45) is 10.2 Å². The first-order valence-electron chi connectivity index (χ1n) is 13.8. The molecule has 0 bridgehead atoms. The fraction of sp³-hybridized carbons (Fsp3) is 0.206. The topological polar surface area (TPSA) is 76.6 Å². The van der Waals surface area contributed by atoms with Gasteiger partial charge < -0.3 is 13.9 Å². The second kappa shape index (κ2) is 13.8. The molecule has 44 heavy (non-hydrogen) atoms. The summed E-state index contributed by atoms with van der Waals surface area (Å²) in [5.74, 6) is 1.56. The number of benzene rings is 3. The van der Waals surface area contributed by atoms with E-state index in [0.29, 0.717) is 37.4 Å². The minimum absolute atomic E-state index is 0.0460.